The number of aromatic carboxylic acids is 1. The van der Waals surface area contributed by atoms with Gasteiger partial charge in [-0.3, -0.25) is 0 Å². The van der Waals surface area contributed by atoms with E-state index in [1.807, 2.05) is 11.8 Å². The average molecular weight is 223 g/mol. The van der Waals surface area contributed by atoms with Crippen molar-refractivity contribution in [1.29, 1.82) is 0 Å². The van der Waals surface area contributed by atoms with E-state index in [1.165, 1.54) is 12.3 Å². The van der Waals surface area contributed by atoms with Crippen molar-refractivity contribution in [3.63, 3.8) is 0 Å². The number of carboxylic acids is 1. The summed E-state index contributed by atoms with van der Waals surface area (Å²) in [5.74, 6) is -0.522. The van der Waals surface area contributed by atoms with Crippen LogP contribution < -0.4 is 4.90 Å². The molecule has 1 N–H and O–H groups in total. The van der Waals surface area contributed by atoms with Crippen LogP contribution in [0.5, 0.6) is 0 Å². The molecule has 0 unspecified atom stereocenters. The molecule has 0 saturated heterocycles. The molecular formula is C11H17N3O2. The summed E-state index contributed by atoms with van der Waals surface area (Å²) >= 11 is 0. The molecule has 16 heavy (non-hydrogen) atoms. The summed E-state index contributed by atoms with van der Waals surface area (Å²) in [5.41, 5.74) is 0.0416. The maximum Gasteiger partial charge on any atom is 0.354 e. The summed E-state index contributed by atoms with van der Waals surface area (Å²) in [6.45, 7) is 5.76. The van der Waals surface area contributed by atoms with Crippen LogP contribution in [0, 0.1) is 0 Å². The lowest BCUT2D eigenvalue weighted by molar-refractivity contribution is 0.0690. The lowest BCUT2D eigenvalue weighted by Crippen LogP contribution is -2.26. The SMILES string of the molecule is CCCCN(CC)c1nccc(C(=O)O)n1. The molecule has 0 atom stereocenters. The molecule has 1 aromatic heterocycles. The van der Waals surface area contributed by atoms with Crippen molar-refractivity contribution in [2.24, 2.45) is 0 Å². The Morgan fingerprint density at radius 2 is 2.25 bits per heavy atom. The van der Waals surface area contributed by atoms with E-state index in [4.69, 9.17) is 5.11 Å². The Morgan fingerprint density at radius 3 is 2.81 bits per heavy atom. The molecule has 0 aliphatic rings. The zero-order valence-electron chi connectivity index (χ0n) is 9.68. The highest BCUT2D eigenvalue weighted by molar-refractivity contribution is 5.85. The van der Waals surface area contributed by atoms with Crippen LogP contribution in [0.4, 0.5) is 5.95 Å². The van der Waals surface area contributed by atoms with Gasteiger partial charge in [0.25, 0.3) is 0 Å². The van der Waals surface area contributed by atoms with Crippen molar-refractivity contribution < 1.29 is 9.90 Å². The minimum Gasteiger partial charge on any atom is -0.477 e. The van der Waals surface area contributed by atoms with Crippen molar-refractivity contribution >= 4 is 11.9 Å². The maximum atomic E-state index is 10.8. The van der Waals surface area contributed by atoms with Crippen molar-refractivity contribution in [2.75, 3.05) is 18.0 Å². The molecule has 0 aliphatic carbocycles. The van der Waals surface area contributed by atoms with Gasteiger partial charge in [-0.15, -0.1) is 0 Å². The number of anilines is 1. The summed E-state index contributed by atoms with van der Waals surface area (Å²) in [7, 11) is 0. The second-order valence-electron chi connectivity index (χ2n) is 3.48. The van der Waals surface area contributed by atoms with E-state index in [2.05, 4.69) is 16.9 Å². The van der Waals surface area contributed by atoms with Crippen LogP contribution in [0.15, 0.2) is 12.3 Å². The van der Waals surface area contributed by atoms with Crippen LogP contribution in [0.2, 0.25) is 0 Å². The second-order valence-corrected chi connectivity index (χ2v) is 3.48. The molecule has 0 fully saturated rings. The van der Waals surface area contributed by atoms with E-state index in [-0.39, 0.29) is 5.69 Å². The standard InChI is InChI=1S/C11H17N3O2/c1-3-5-8-14(4-2)11-12-7-6-9(13-11)10(15)16/h6-7H,3-5,8H2,1-2H3,(H,15,16). The fourth-order valence-electron chi connectivity index (χ4n) is 1.37. The summed E-state index contributed by atoms with van der Waals surface area (Å²) in [5, 5.41) is 8.83. The molecule has 0 bridgehead atoms. The molecular weight excluding hydrogens is 206 g/mol. The quantitative estimate of drug-likeness (QED) is 0.796. The molecule has 1 aromatic rings. The van der Waals surface area contributed by atoms with E-state index in [0.29, 0.717) is 5.95 Å². The van der Waals surface area contributed by atoms with Gasteiger partial charge in [-0.2, -0.15) is 0 Å². The first kappa shape index (κ1) is 12.4. The van der Waals surface area contributed by atoms with Gasteiger partial charge >= 0.3 is 5.97 Å². The normalized spacial score (nSPS) is 10.1. The van der Waals surface area contributed by atoms with Crippen molar-refractivity contribution in [1.82, 2.24) is 9.97 Å². The Morgan fingerprint density at radius 1 is 1.50 bits per heavy atom. The summed E-state index contributed by atoms with van der Waals surface area (Å²) in [6, 6.07) is 1.40. The van der Waals surface area contributed by atoms with Gasteiger partial charge in [0.15, 0.2) is 5.69 Å². The zero-order chi connectivity index (χ0) is 12.0. The average Bonchev–Trinajstić information content (AvgIpc) is 2.30. The number of rotatable bonds is 6. The topological polar surface area (TPSA) is 66.3 Å². The minimum absolute atomic E-state index is 0.0416. The molecule has 0 aromatic carbocycles. The third-order valence-corrected chi connectivity index (χ3v) is 2.31. The lowest BCUT2D eigenvalue weighted by atomic mass is 10.3. The Bertz CT molecular complexity index is 355. The molecule has 1 rings (SSSR count). The molecule has 5 heteroatoms. The molecule has 5 nitrogen and oxygen atoms in total. The number of aromatic nitrogens is 2. The van der Waals surface area contributed by atoms with Gasteiger partial charge in [0.1, 0.15) is 0 Å². The van der Waals surface area contributed by atoms with E-state index in [9.17, 15) is 4.79 Å². The fraction of sp³-hybridized carbons (Fsp3) is 0.545. The van der Waals surface area contributed by atoms with E-state index in [1.54, 1.807) is 0 Å². The predicted octanol–water partition coefficient (Wildman–Crippen LogP) is 1.80. The highest BCUT2D eigenvalue weighted by atomic mass is 16.4. The first-order chi connectivity index (χ1) is 7.69. The van der Waals surface area contributed by atoms with Crippen LogP contribution in [0.1, 0.15) is 37.2 Å². The van der Waals surface area contributed by atoms with Gasteiger partial charge in [-0.25, -0.2) is 14.8 Å². The van der Waals surface area contributed by atoms with Crippen LogP contribution in [0.25, 0.3) is 0 Å². The monoisotopic (exact) mass is 223 g/mol. The van der Waals surface area contributed by atoms with E-state index >= 15 is 0 Å². The Hall–Kier alpha value is -1.65. The predicted molar refractivity (Wildman–Crippen MR) is 61.8 cm³/mol. The molecule has 88 valence electrons. The number of carboxylic acid groups (broad SMARTS) is 1. The lowest BCUT2D eigenvalue weighted by Gasteiger charge is -2.20. The van der Waals surface area contributed by atoms with E-state index < -0.39 is 5.97 Å². The maximum absolute atomic E-state index is 10.8. The third-order valence-electron chi connectivity index (χ3n) is 2.31. The van der Waals surface area contributed by atoms with Crippen molar-refractivity contribution in [3.05, 3.63) is 18.0 Å². The van der Waals surface area contributed by atoms with Crippen molar-refractivity contribution in [3.8, 4) is 0 Å². The van der Waals surface area contributed by atoms with Crippen molar-refractivity contribution in [2.45, 2.75) is 26.7 Å². The number of unbranched alkanes of at least 4 members (excludes halogenated alkanes) is 1. The van der Waals surface area contributed by atoms with Crippen LogP contribution in [-0.2, 0) is 0 Å². The first-order valence-corrected chi connectivity index (χ1v) is 5.50. The molecule has 0 saturated carbocycles. The van der Waals surface area contributed by atoms with E-state index in [0.717, 1.165) is 25.9 Å². The van der Waals surface area contributed by atoms with Gasteiger partial charge in [0.2, 0.25) is 5.95 Å². The Kier molecular flexibility index (Phi) is 4.69. The number of hydrogen-bond donors (Lipinski definition) is 1. The molecule has 0 aliphatic heterocycles. The number of hydrogen-bond acceptors (Lipinski definition) is 4. The molecule has 0 spiro atoms. The van der Waals surface area contributed by atoms with Gasteiger partial charge in [0.05, 0.1) is 0 Å². The number of carbonyl (C=O) groups is 1. The number of nitrogens with zero attached hydrogens (tertiary/aromatic N) is 3. The molecule has 1 heterocycles. The Balaban J connectivity index is 2.83. The second kappa shape index (κ2) is 6.05. The molecule has 0 radical (unpaired) electrons. The highest BCUT2D eigenvalue weighted by Crippen LogP contribution is 2.08. The zero-order valence-corrected chi connectivity index (χ0v) is 9.68. The summed E-state index contributed by atoms with van der Waals surface area (Å²) in [4.78, 5) is 20.9. The van der Waals surface area contributed by atoms with Crippen LogP contribution in [-0.4, -0.2) is 34.1 Å². The fourth-order valence-corrected chi connectivity index (χ4v) is 1.37. The largest absolute Gasteiger partial charge is 0.477 e. The van der Waals surface area contributed by atoms with Crippen LogP contribution >= 0.6 is 0 Å². The van der Waals surface area contributed by atoms with Crippen LogP contribution in [0.3, 0.4) is 0 Å². The van der Waals surface area contributed by atoms with Gasteiger partial charge in [-0.05, 0) is 19.4 Å². The van der Waals surface area contributed by atoms with Gasteiger partial charge in [-0.1, -0.05) is 13.3 Å². The van der Waals surface area contributed by atoms with Gasteiger partial charge in [0, 0.05) is 19.3 Å². The summed E-state index contributed by atoms with van der Waals surface area (Å²) < 4.78 is 0. The minimum atomic E-state index is -1.02. The third kappa shape index (κ3) is 3.18. The smallest absolute Gasteiger partial charge is 0.354 e. The van der Waals surface area contributed by atoms with Gasteiger partial charge < -0.3 is 10.0 Å². The highest BCUT2D eigenvalue weighted by Gasteiger charge is 2.10. The Labute approximate surface area is 95.1 Å². The summed E-state index contributed by atoms with van der Waals surface area (Å²) in [6.07, 6.45) is 3.63. The first-order valence-electron chi connectivity index (χ1n) is 5.50. The molecule has 0 amide bonds.